The molecule has 0 unspecified atom stereocenters. The quantitative estimate of drug-likeness (QED) is 0.332. The van der Waals surface area contributed by atoms with Crippen LogP contribution in [0.1, 0.15) is 10.5 Å². The van der Waals surface area contributed by atoms with Gasteiger partial charge in [0.2, 0.25) is 5.88 Å². The van der Waals surface area contributed by atoms with E-state index in [9.17, 15) is 9.70 Å². The molecule has 11 heteroatoms. The van der Waals surface area contributed by atoms with Gasteiger partial charge in [-0.25, -0.2) is 4.98 Å². The Bertz CT molecular complexity index is 1460. The predicted octanol–water partition coefficient (Wildman–Crippen LogP) is 4.32. The number of piperazine rings is 1. The summed E-state index contributed by atoms with van der Waals surface area (Å²) in [5.41, 5.74) is 9.58. The number of nitrogens with two attached hydrogens (primary N) is 1. The lowest BCUT2D eigenvalue weighted by Crippen LogP contribution is -2.44. The molecular formula is C27H26N8O3. The maximum atomic E-state index is 12.1. The number of amides is 1. The highest BCUT2D eigenvalue weighted by Gasteiger charge is 2.20. The summed E-state index contributed by atoms with van der Waals surface area (Å²) in [6, 6.07) is 16.2. The summed E-state index contributed by atoms with van der Waals surface area (Å²) in [6.45, 7) is 3.79. The largest absolute Gasteiger partial charge is 0.437 e. The normalized spacial score (nSPS) is 13.7. The fourth-order valence-electron chi connectivity index (χ4n) is 4.25. The lowest BCUT2D eigenvalue weighted by Gasteiger charge is -2.35. The van der Waals surface area contributed by atoms with Crippen LogP contribution in [-0.4, -0.2) is 59.0 Å². The summed E-state index contributed by atoms with van der Waals surface area (Å²) in [4.78, 5) is 40.4. The topological polar surface area (TPSA) is 139 Å². The molecule has 1 fully saturated rings. The van der Waals surface area contributed by atoms with Gasteiger partial charge in [-0.3, -0.25) is 9.78 Å². The van der Waals surface area contributed by atoms with Crippen molar-refractivity contribution in [3.63, 3.8) is 0 Å². The molecule has 0 bridgehead atoms. The monoisotopic (exact) mass is 510 g/mol. The standard InChI is InChI=1S/C27H26N8O3/c1-34-11-13-35(14-12-34)23-6-5-19(16-22(23)18-7-9-29-10-8-18)31-27-25(26(28)36)30-17-24(32-27)38-21-4-2-3-20(15-21)33-37/h2-10,15-17H,11-14H2,1H3,(H2,28,36)(H,31,32). The Labute approximate surface area is 219 Å². The molecule has 4 aromatic rings. The number of aromatic nitrogens is 3. The van der Waals surface area contributed by atoms with Crippen LogP contribution in [0.3, 0.4) is 0 Å². The van der Waals surface area contributed by atoms with Crippen LogP contribution in [0.4, 0.5) is 22.9 Å². The minimum absolute atomic E-state index is 0.0331. The van der Waals surface area contributed by atoms with E-state index in [-0.39, 0.29) is 23.1 Å². The van der Waals surface area contributed by atoms with Crippen LogP contribution in [0.25, 0.3) is 11.1 Å². The summed E-state index contributed by atoms with van der Waals surface area (Å²) in [7, 11) is 2.12. The van der Waals surface area contributed by atoms with E-state index in [2.05, 4.69) is 48.4 Å². The van der Waals surface area contributed by atoms with Crippen LogP contribution in [0.2, 0.25) is 0 Å². The molecule has 1 saturated heterocycles. The molecule has 1 aliphatic heterocycles. The second-order valence-electron chi connectivity index (χ2n) is 8.84. The third kappa shape index (κ3) is 5.57. The van der Waals surface area contributed by atoms with Gasteiger partial charge in [-0.1, -0.05) is 6.07 Å². The highest BCUT2D eigenvalue weighted by molar-refractivity contribution is 5.96. The number of nitrogens with zero attached hydrogens (tertiary/aromatic N) is 6. The van der Waals surface area contributed by atoms with Gasteiger partial charge in [0.1, 0.15) is 11.4 Å². The van der Waals surface area contributed by atoms with Crippen LogP contribution in [0.15, 0.2) is 78.4 Å². The summed E-state index contributed by atoms with van der Waals surface area (Å²) >= 11 is 0. The minimum Gasteiger partial charge on any atom is -0.437 e. The van der Waals surface area contributed by atoms with Crippen LogP contribution < -0.4 is 20.7 Å². The van der Waals surface area contributed by atoms with Gasteiger partial charge in [0.15, 0.2) is 11.5 Å². The Morgan fingerprint density at radius 3 is 2.58 bits per heavy atom. The molecule has 38 heavy (non-hydrogen) atoms. The molecule has 2 aromatic heterocycles. The highest BCUT2D eigenvalue weighted by atomic mass is 16.5. The van der Waals surface area contributed by atoms with Gasteiger partial charge in [0.05, 0.1) is 6.20 Å². The first-order chi connectivity index (χ1) is 18.5. The number of primary amides is 1. The van der Waals surface area contributed by atoms with Crippen molar-refractivity contribution in [2.75, 3.05) is 43.4 Å². The molecular weight excluding hydrogens is 484 g/mol. The number of hydrogen-bond acceptors (Lipinski definition) is 10. The lowest BCUT2D eigenvalue weighted by atomic mass is 10.0. The number of likely N-dealkylation sites (N-methyl/N-ethyl adjacent to an activating group) is 1. The van der Waals surface area contributed by atoms with Crippen molar-refractivity contribution in [1.82, 2.24) is 19.9 Å². The van der Waals surface area contributed by atoms with Gasteiger partial charge < -0.3 is 25.6 Å². The smallest absolute Gasteiger partial charge is 0.271 e. The second-order valence-corrected chi connectivity index (χ2v) is 8.84. The number of rotatable bonds is 8. The van der Waals surface area contributed by atoms with Crippen molar-refractivity contribution in [2.45, 2.75) is 0 Å². The van der Waals surface area contributed by atoms with E-state index in [4.69, 9.17) is 10.5 Å². The van der Waals surface area contributed by atoms with E-state index in [0.29, 0.717) is 11.4 Å². The summed E-state index contributed by atoms with van der Waals surface area (Å²) in [6.07, 6.45) is 4.82. The van der Waals surface area contributed by atoms with Crippen molar-refractivity contribution >= 4 is 28.8 Å². The molecule has 1 aliphatic rings. The Morgan fingerprint density at radius 1 is 1.05 bits per heavy atom. The van der Waals surface area contributed by atoms with Gasteiger partial charge in [0.25, 0.3) is 5.91 Å². The van der Waals surface area contributed by atoms with Crippen molar-refractivity contribution in [1.29, 1.82) is 0 Å². The zero-order valence-electron chi connectivity index (χ0n) is 20.7. The Morgan fingerprint density at radius 2 is 1.84 bits per heavy atom. The maximum absolute atomic E-state index is 12.1. The molecule has 0 atom stereocenters. The number of carbonyl (C=O) groups is 1. The summed E-state index contributed by atoms with van der Waals surface area (Å²) in [5, 5.41) is 6.10. The van der Waals surface area contributed by atoms with Gasteiger partial charge in [-0.2, -0.15) is 4.98 Å². The first-order valence-electron chi connectivity index (χ1n) is 12.0. The molecule has 0 saturated carbocycles. The average molecular weight is 511 g/mol. The number of hydrogen-bond donors (Lipinski definition) is 2. The molecule has 11 nitrogen and oxygen atoms in total. The molecule has 5 rings (SSSR count). The third-order valence-electron chi connectivity index (χ3n) is 6.22. The van der Waals surface area contributed by atoms with Gasteiger partial charge >= 0.3 is 0 Å². The summed E-state index contributed by atoms with van der Waals surface area (Å²) in [5.74, 6) is -0.121. The molecule has 3 heterocycles. The number of ether oxygens (including phenoxy) is 1. The van der Waals surface area contributed by atoms with Crippen LogP contribution in [-0.2, 0) is 0 Å². The lowest BCUT2D eigenvalue weighted by molar-refractivity contribution is 0.0996. The number of nitrogens with one attached hydrogen (secondary N) is 1. The number of anilines is 3. The van der Waals surface area contributed by atoms with E-state index in [0.717, 1.165) is 43.0 Å². The van der Waals surface area contributed by atoms with Crippen molar-refractivity contribution in [3.8, 4) is 22.8 Å². The predicted molar refractivity (Wildman–Crippen MR) is 145 cm³/mol. The van der Waals surface area contributed by atoms with Crippen LogP contribution in [0.5, 0.6) is 11.6 Å². The third-order valence-corrected chi connectivity index (χ3v) is 6.22. The van der Waals surface area contributed by atoms with Gasteiger partial charge in [0, 0.05) is 61.6 Å². The molecule has 2 aromatic carbocycles. The first-order valence-corrected chi connectivity index (χ1v) is 12.0. The zero-order chi connectivity index (χ0) is 26.5. The van der Waals surface area contributed by atoms with E-state index < -0.39 is 5.91 Å². The molecule has 0 aliphatic carbocycles. The maximum Gasteiger partial charge on any atom is 0.271 e. The second kappa shape index (κ2) is 11.0. The van der Waals surface area contributed by atoms with Crippen LogP contribution in [0, 0.1) is 4.91 Å². The van der Waals surface area contributed by atoms with Crippen molar-refractivity contribution < 1.29 is 9.53 Å². The van der Waals surface area contributed by atoms with Crippen LogP contribution >= 0.6 is 0 Å². The van der Waals surface area contributed by atoms with Gasteiger partial charge in [-0.15, -0.1) is 4.91 Å². The number of carbonyl (C=O) groups excluding carboxylic acids is 1. The van der Waals surface area contributed by atoms with Crippen molar-refractivity contribution in [2.24, 2.45) is 10.9 Å². The van der Waals surface area contributed by atoms with E-state index >= 15 is 0 Å². The van der Waals surface area contributed by atoms with Gasteiger partial charge in [-0.05, 0) is 60.3 Å². The minimum atomic E-state index is -0.734. The van der Waals surface area contributed by atoms with E-state index in [1.54, 1.807) is 30.6 Å². The Kier molecular flexibility index (Phi) is 7.18. The highest BCUT2D eigenvalue weighted by Crippen LogP contribution is 2.35. The SMILES string of the molecule is CN1CCN(c2ccc(Nc3nc(Oc4cccc(N=O)c4)cnc3C(N)=O)cc2-c2ccncc2)CC1. The molecule has 0 radical (unpaired) electrons. The molecule has 1 amide bonds. The number of nitroso groups, excluding NO2 is 1. The number of pyridine rings is 1. The first kappa shape index (κ1) is 24.8. The zero-order valence-corrected chi connectivity index (χ0v) is 20.7. The Balaban J connectivity index is 1.48. The summed E-state index contributed by atoms with van der Waals surface area (Å²) < 4.78 is 5.75. The Hall–Kier alpha value is -4.90. The van der Waals surface area contributed by atoms with Crippen molar-refractivity contribution in [3.05, 3.63) is 83.8 Å². The average Bonchev–Trinajstić information content (AvgIpc) is 2.94. The fraction of sp³-hybridized carbons (Fsp3) is 0.185. The molecule has 0 spiro atoms. The van der Waals surface area contributed by atoms with E-state index in [1.165, 1.54) is 12.3 Å². The fourth-order valence-corrected chi connectivity index (χ4v) is 4.25. The number of benzene rings is 2. The molecule has 3 N–H and O–H groups in total. The molecule has 192 valence electrons. The van der Waals surface area contributed by atoms with E-state index in [1.807, 2.05) is 24.3 Å².